The molecule has 5 heteroatoms. The SMILES string of the molecule is CCCCN(C)c1nc(C)cc(NCc2cccnc2)n1. The summed E-state index contributed by atoms with van der Waals surface area (Å²) in [7, 11) is 2.04. The van der Waals surface area contributed by atoms with E-state index in [2.05, 4.69) is 32.1 Å². The third kappa shape index (κ3) is 4.70. The first kappa shape index (κ1) is 15.2. The van der Waals surface area contributed by atoms with Gasteiger partial charge in [-0.3, -0.25) is 4.98 Å². The number of hydrogen-bond donors (Lipinski definition) is 1. The summed E-state index contributed by atoms with van der Waals surface area (Å²) in [5, 5.41) is 3.34. The first-order valence-corrected chi connectivity index (χ1v) is 7.38. The van der Waals surface area contributed by atoms with Crippen molar-refractivity contribution in [2.45, 2.75) is 33.2 Å². The summed E-state index contributed by atoms with van der Waals surface area (Å²) in [6, 6.07) is 5.95. The number of hydrogen-bond acceptors (Lipinski definition) is 5. The van der Waals surface area contributed by atoms with Gasteiger partial charge in [0, 0.05) is 44.3 Å². The van der Waals surface area contributed by atoms with Gasteiger partial charge in [0.25, 0.3) is 0 Å². The third-order valence-corrected chi connectivity index (χ3v) is 3.23. The van der Waals surface area contributed by atoms with Gasteiger partial charge in [-0.15, -0.1) is 0 Å². The molecule has 0 fully saturated rings. The molecule has 112 valence electrons. The van der Waals surface area contributed by atoms with Gasteiger partial charge in [0.15, 0.2) is 0 Å². The Labute approximate surface area is 126 Å². The Bertz CT molecular complexity index is 556. The van der Waals surface area contributed by atoms with Gasteiger partial charge in [0.05, 0.1) is 0 Å². The molecule has 0 aromatic carbocycles. The predicted octanol–water partition coefficient (Wildman–Crippen LogP) is 3.03. The lowest BCUT2D eigenvalue weighted by atomic mass is 10.3. The minimum Gasteiger partial charge on any atom is -0.366 e. The van der Waals surface area contributed by atoms with Gasteiger partial charge in [-0.05, 0) is 25.0 Å². The topological polar surface area (TPSA) is 53.9 Å². The fraction of sp³-hybridized carbons (Fsp3) is 0.438. The summed E-state index contributed by atoms with van der Waals surface area (Å²) in [5.74, 6) is 1.63. The number of nitrogens with zero attached hydrogens (tertiary/aromatic N) is 4. The molecular formula is C16H23N5. The molecule has 0 atom stereocenters. The lowest BCUT2D eigenvalue weighted by molar-refractivity contribution is 0.748. The van der Waals surface area contributed by atoms with Crippen LogP contribution in [0.5, 0.6) is 0 Å². The van der Waals surface area contributed by atoms with Crippen molar-refractivity contribution in [2.24, 2.45) is 0 Å². The number of anilines is 2. The van der Waals surface area contributed by atoms with Crippen LogP contribution < -0.4 is 10.2 Å². The molecule has 0 radical (unpaired) electrons. The predicted molar refractivity (Wildman–Crippen MR) is 86.5 cm³/mol. The Kier molecular flexibility index (Phi) is 5.49. The maximum absolute atomic E-state index is 4.58. The minimum atomic E-state index is 0.711. The number of aromatic nitrogens is 3. The second-order valence-electron chi connectivity index (χ2n) is 5.18. The zero-order chi connectivity index (χ0) is 15.1. The van der Waals surface area contributed by atoms with Crippen molar-refractivity contribution in [3.8, 4) is 0 Å². The lowest BCUT2D eigenvalue weighted by Crippen LogP contribution is -2.21. The maximum atomic E-state index is 4.58. The normalized spacial score (nSPS) is 10.4. The van der Waals surface area contributed by atoms with E-state index in [9.17, 15) is 0 Å². The molecule has 2 aromatic heterocycles. The van der Waals surface area contributed by atoms with Gasteiger partial charge in [-0.1, -0.05) is 19.4 Å². The minimum absolute atomic E-state index is 0.711. The standard InChI is InChI=1S/C16H23N5/c1-4-5-9-21(3)16-19-13(2)10-15(20-16)18-12-14-7-6-8-17-11-14/h6-8,10-11H,4-5,9,12H2,1-3H3,(H,18,19,20). The number of aryl methyl sites for hydroxylation is 1. The molecule has 21 heavy (non-hydrogen) atoms. The van der Waals surface area contributed by atoms with E-state index >= 15 is 0 Å². The molecule has 0 saturated carbocycles. The first-order valence-electron chi connectivity index (χ1n) is 7.38. The molecule has 1 N–H and O–H groups in total. The zero-order valence-electron chi connectivity index (χ0n) is 13.0. The van der Waals surface area contributed by atoms with Crippen LogP contribution >= 0.6 is 0 Å². The molecule has 0 amide bonds. The molecular weight excluding hydrogens is 262 g/mol. The maximum Gasteiger partial charge on any atom is 0.227 e. The van der Waals surface area contributed by atoms with E-state index in [1.165, 1.54) is 6.42 Å². The largest absolute Gasteiger partial charge is 0.366 e. The van der Waals surface area contributed by atoms with Crippen LogP contribution in [-0.4, -0.2) is 28.5 Å². The van der Waals surface area contributed by atoms with E-state index in [0.717, 1.165) is 36.0 Å². The average Bonchev–Trinajstić information content (AvgIpc) is 2.51. The monoisotopic (exact) mass is 285 g/mol. The number of rotatable bonds is 7. The second kappa shape index (κ2) is 7.57. The molecule has 0 aliphatic heterocycles. The fourth-order valence-corrected chi connectivity index (χ4v) is 2.00. The van der Waals surface area contributed by atoms with Gasteiger partial charge in [0.1, 0.15) is 5.82 Å². The van der Waals surface area contributed by atoms with Crippen molar-refractivity contribution < 1.29 is 0 Å². The summed E-state index contributed by atoms with van der Waals surface area (Å²) in [6.45, 7) is 5.87. The number of nitrogens with one attached hydrogen (secondary N) is 1. The third-order valence-electron chi connectivity index (χ3n) is 3.23. The van der Waals surface area contributed by atoms with Crippen molar-refractivity contribution in [3.05, 3.63) is 41.9 Å². The molecule has 5 nitrogen and oxygen atoms in total. The zero-order valence-corrected chi connectivity index (χ0v) is 13.0. The Balaban J connectivity index is 2.04. The summed E-state index contributed by atoms with van der Waals surface area (Å²) in [4.78, 5) is 15.3. The van der Waals surface area contributed by atoms with Crippen LogP contribution in [0.25, 0.3) is 0 Å². The number of unbranched alkanes of at least 4 members (excludes halogenated alkanes) is 1. The first-order chi connectivity index (χ1) is 10.2. The Morgan fingerprint density at radius 1 is 1.29 bits per heavy atom. The van der Waals surface area contributed by atoms with E-state index in [1.54, 1.807) is 6.20 Å². The van der Waals surface area contributed by atoms with E-state index < -0.39 is 0 Å². The summed E-state index contributed by atoms with van der Waals surface area (Å²) < 4.78 is 0. The Morgan fingerprint density at radius 2 is 2.14 bits per heavy atom. The van der Waals surface area contributed by atoms with Gasteiger partial charge in [-0.2, -0.15) is 4.98 Å². The molecule has 0 bridgehead atoms. The number of pyridine rings is 1. The van der Waals surface area contributed by atoms with Crippen LogP contribution in [0.2, 0.25) is 0 Å². The fourth-order valence-electron chi connectivity index (χ4n) is 2.00. The van der Waals surface area contributed by atoms with E-state index in [1.807, 2.05) is 38.4 Å². The highest BCUT2D eigenvalue weighted by atomic mass is 15.2. The molecule has 0 aliphatic rings. The van der Waals surface area contributed by atoms with Crippen LogP contribution in [0, 0.1) is 6.92 Å². The van der Waals surface area contributed by atoms with Crippen LogP contribution in [0.15, 0.2) is 30.6 Å². The quantitative estimate of drug-likeness (QED) is 0.847. The lowest BCUT2D eigenvalue weighted by Gasteiger charge is -2.18. The molecule has 2 heterocycles. The van der Waals surface area contributed by atoms with Crippen LogP contribution in [0.3, 0.4) is 0 Å². The second-order valence-corrected chi connectivity index (χ2v) is 5.18. The summed E-state index contributed by atoms with van der Waals surface area (Å²) in [6.07, 6.45) is 5.95. The van der Waals surface area contributed by atoms with Crippen molar-refractivity contribution in [1.29, 1.82) is 0 Å². The van der Waals surface area contributed by atoms with Crippen molar-refractivity contribution in [1.82, 2.24) is 15.0 Å². The highest BCUT2D eigenvalue weighted by Gasteiger charge is 2.07. The molecule has 0 aliphatic carbocycles. The van der Waals surface area contributed by atoms with Gasteiger partial charge < -0.3 is 10.2 Å². The van der Waals surface area contributed by atoms with E-state index in [4.69, 9.17) is 0 Å². The van der Waals surface area contributed by atoms with E-state index in [-0.39, 0.29) is 0 Å². The van der Waals surface area contributed by atoms with Crippen LogP contribution in [0.4, 0.5) is 11.8 Å². The molecule has 2 rings (SSSR count). The van der Waals surface area contributed by atoms with Gasteiger partial charge in [0.2, 0.25) is 5.95 Å². The van der Waals surface area contributed by atoms with Crippen molar-refractivity contribution in [2.75, 3.05) is 23.8 Å². The van der Waals surface area contributed by atoms with Gasteiger partial charge in [-0.25, -0.2) is 4.98 Å². The molecule has 0 unspecified atom stereocenters. The molecule has 0 spiro atoms. The summed E-state index contributed by atoms with van der Waals surface area (Å²) in [5.41, 5.74) is 2.10. The highest BCUT2D eigenvalue weighted by Crippen LogP contribution is 2.14. The Morgan fingerprint density at radius 3 is 2.86 bits per heavy atom. The van der Waals surface area contributed by atoms with E-state index in [0.29, 0.717) is 6.54 Å². The average molecular weight is 285 g/mol. The van der Waals surface area contributed by atoms with Crippen LogP contribution in [0.1, 0.15) is 31.0 Å². The van der Waals surface area contributed by atoms with Crippen LogP contribution in [-0.2, 0) is 6.54 Å². The van der Waals surface area contributed by atoms with Crippen molar-refractivity contribution >= 4 is 11.8 Å². The smallest absolute Gasteiger partial charge is 0.227 e. The van der Waals surface area contributed by atoms with Crippen molar-refractivity contribution in [3.63, 3.8) is 0 Å². The molecule has 0 saturated heterocycles. The Hall–Kier alpha value is -2.17. The highest BCUT2D eigenvalue weighted by molar-refractivity contribution is 5.43. The molecule has 2 aromatic rings. The summed E-state index contributed by atoms with van der Waals surface area (Å²) >= 11 is 0. The van der Waals surface area contributed by atoms with Gasteiger partial charge >= 0.3 is 0 Å².